The summed E-state index contributed by atoms with van der Waals surface area (Å²) in [7, 11) is 0. The lowest BCUT2D eigenvalue weighted by atomic mass is 10.00. The van der Waals surface area contributed by atoms with Gasteiger partial charge in [-0.15, -0.1) is 0 Å². The maximum absolute atomic E-state index is 5.85. The predicted octanol–water partition coefficient (Wildman–Crippen LogP) is 1.72. The number of nitrogens with zero attached hydrogens (tertiary/aromatic N) is 3. The van der Waals surface area contributed by atoms with Gasteiger partial charge in [-0.1, -0.05) is 0 Å². The molecule has 2 atom stereocenters. The summed E-state index contributed by atoms with van der Waals surface area (Å²) >= 11 is 0. The fraction of sp³-hybridized carbons (Fsp3) is 0.615. The number of aromatic nitrogens is 4. The Kier molecular flexibility index (Phi) is 2.61. The van der Waals surface area contributed by atoms with E-state index in [1.807, 2.05) is 0 Å². The predicted molar refractivity (Wildman–Crippen MR) is 70.8 cm³/mol. The summed E-state index contributed by atoms with van der Waals surface area (Å²) in [5.41, 5.74) is 1.60. The van der Waals surface area contributed by atoms with Crippen LogP contribution in [0.2, 0.25) is 0 Å². The Labute approximate surface area is 111 Å². The minimum Gasteiger partial charge on any atom is -0.378 e. The molecule has 0 bridgehead atoms. The Hall–Kier alpha value is -1.69. The van der Waals surface area contributed by atoms with Crippen LogP contribution in [0.1, 0.15) is 25.7 Å². The van der Waals surface area contributed by atoms with Crippen molar-refractivity contribution in [2.24, 2.45) is 5.92 Å². The van der Waals surface area contributed by atoms with Crippen molar-refractivity contribution < 1.29 is 4.74 Å². The van der Waals surface area contributed by atoms with Gasteiger partial charge in [0.2, 0.25) is 0 Å². The molecule has 6 nitrogen and oxygen atoms in total. The highest BCUT2D eigenvalue weighted by molar-refractivity contribution is 5.82. The smallest absolute Gasteiger partial charge is 0.182 e. The Morgan fingerprint density at radius 3 is 3.05 bits per heavy atom. The molecule has 1 aliphatic heterocycles. The Morgan fingerprint density at radius 1 is 1.21 bits per heavy atom. The lowest BCUT2D eigenvalue weighted by Gasteiger charge is -2.30. The van der Waals surface area contributed by atoms with Crippen LogP contribution in [-0.2, 0) is 4.74 Å². The number of fused-ring (bicyclic) bond motifs is 1. The highest BCUT2D eigenvalue weighted by atomic mass is 16.5. The molecule has 6 heteroatoms. The van der Waals surface area contributed by atoms with Gasteiger partial charge in [-0.25, -0.2) is 15.0 Å². The maximum atomic E-state index is 5.85. The van der Waals surface area contributed by atoms with E-state index in [0.29, 0.717) is 17.8 Å². The third-order valence-electron chi connectivity index (χ3n) is 4.03. The number of hydrogen-bond donors (Lipinski definition) is 2. The van der Waals surface area contributed by atoms with Crippen molar-refractivity contribution in [3.8, 4) is 0 Å². The van der Waals surface area contributed by atoms with Gasteiger partial charge in [0.25, 0.3) is 0 Å². The van der Waals surface area contributed by atoms with Crippen LogP contribution < -0.4 is 5.32 Å². The van der Waals surface area contributed by atoms with Crippen LogP contribution in [0.3, 0.4) is 0 Å². The number of anilines is 1. The first-order valence-corrected chi connectivity index (χ1v) is 6.92. The minimum absolute atomic E-state index is 0.431. The van der Waals surface area contributed by atoms with E-state index < -0.39 is 0 Å². The van der Waals surface area contributed by atoms with E-state index in [9.17, 15) is 0 Å². The van der Waals surface area contributed by atoms with Crippen LogP contribution in [0.4, 0.5) is 5.82 Å². The largest absolute Gasteiger partial charge is 0.378 e. The molecule has 100 valence electrons. The quantitative estimate of drug-likeness (QED) is 0.877. The number of imidazole rings is 1. The van der Waals surface area contributed by atoms with Crippen molar-refractivity contribution in [2.45, 2.75) is 37.8 Å². The van der Waals surface area contributed by atoms with Gasteiger partial charge in [0.05, 0.1) is 12.4 Å². The van der Waals surface area contributed by atoms with Gasteiger partial charge in [0.1, 0.15) is 11.8 Å². The van der Waals surface area contributed by atoms with Crippen LogP contribution in [0.15, 0.2) is 12.7 Å². The molecule has 2 aromatic heterocycles. The number of nitrogens with one attached hydrogen (secondary N) is 2. The lowest BCUT2D eigenvalue weighted by molar-refractivity contribution is -0.00221. The molecule has 1 saturated heterocycles. The van der Waals surface area contributed by atoms with Gasteiger partial charge in [0, 0.05) is 12.6 Å². The summed E-state index contributed by atoms with van der Waals surface area (Å²) in [5.74, 6) is 1.64. The van der Waals surface area contributed by atoms with E-state index in [1.165, 1.54) is 12.8 Å². The normalized spacial score (nSPS) is 27.6. The Morgan fingerprint density at radius 2 is 2.16 bits per heavy atom. The van der Waals surface area contributed by atoms with E-state index in [-0.39, 0.29) is 0 Å². The van der Waals surface area contributed by atoms with Gasteiger partial charge in [-0.2, -0.15) is 0 Å². The summed E-state index contributed by atoms with van der Waals surface area (Å²) in [6.07, 6.45) is 8.41. The molecule has 0 radical (unpaired) electrons. The average molecular weight is 259 g/mol. The molecule has 0 aromatic carbocycles. The average Bonchev–Trinajstić information content (AvgIpc) is 3.17. The summed E-state index contributed by atoms with van der Waals surface area (Å²) in [6.45, 7) is 0.843. The van der Waals surface area contributed by atoms with Crippen LogP contribution >= 0.6 is 0 Å². The Balaban J connectivity index is 1.52. The fourth-order valence-electron chi connectivity index (χ4n) is 2.82. The third kappa shape index (κ3) is 2.16. The van der Waals surface area contributed by atoms with Gasteiger partial charge < -0.3 is 15.0 Å². The molecule has 2 N–H and O–H groups in total. The highest BCUT2D eigenvalue weighted by Crippen LogP contribution is 2.38. The molecular weight excluding hydrogens is 242 g/mol. The van der Waals surface area contributed by atoms with E-state index >= 15 is 0 Å². The SMILES string of the molecule is c1nc(NC2CCOC(C3CC3)C2)c2[nH]cnc2n1. The first-order valence-electron chi connectivity index (χ1n) is 6.92. The first kappa shape index (κ1) is 11.2. The van der Waals surface area contributed by atoms with E-state index in [4.69, 9.17) is 4.74 Å². The topological polar surface area (TPSA) is 75.7 Å². The standard InChI is InChI=1S/C13H17N5O/c1-2-8(1)10-5-9(3-4-19-10)18-13-11-12(15-6-14-11)16-7-17-13/h6-10H,1-5H2,(H2,14,15,16,17,18). The molecule has 19 heavy (non-hydrogen) atoms. The van der Waals surface area contributed by atoms with E-state index in [1.54, 1.807) is 12.7 Å². The molecule has 1 saturated carbocycles. The summed E-state index contributed by atoms with van der Waals surface area (Å²) in [6, 6.07) is 0.431. The first-order chi connectivity index (χ1) is 9.40. The second kappa shape index (κ2) is 4.45. The van der Waals surface area contributed by atoms with Crippen molar-refractivity contribution in [3.05, 3.63) is 12.7 Å². The summed E-state index contributed by atoms with van der Waals surface area (Å²) in [5, 5.41) is 3.52. The van der Waals surface area contributed by atoms with E-state index in [2.05, 4.69) is 25.3 Å². The minimum atomic E-state index is 0.431. The van der Waals surface area contributed by atoms with Crippen molar-refractivity contribution >= 4 is 17.0 Å². The highest BCUT2D eigenvalue weighted by Gasteiger charge is 2.36. The lowest BCUT2D eigenvalue weighted by Crippen LogP contribution is -2.35. The zero-order valence-corrected chi connectivity index (χ0v) is 10.7. The van der Waals surface area contributed by atoms with E-state index in [0.717, 1.165) is 36.7 Å². The fourth-order valence-corrected chi connectivity index (χ4v) is 2.82. The number of rotatable bonds is 3. The van der Waals surface area contributed by atoms with Crippen LogP contribution in [0.5, 0.6) is 0 Å². The van der Waals surface area contributed by atoms with Crippen molar-refractivity contribution in [1.82, 2.24) is 19.9 Å². The molecule has 4 rings (SSSR count). The second-order valence-corrected chi connectivity index (χ2v) is 5.44. The number of hydrogen-bond acceptors (Lipinski definition) is 5. The molecule has 0 amide bonds. The summed E-state index contributed by atoms with van der Waals surface area (Å²) < 4.78 is 5.85. The molecular formula is C13H17N5O. The molecule has 0 spiro atoms. The van der Waals surface area contributed by atoms with Crippen molar-refractivity contribution in [3.63, 3.8) is 0 Å². The molecule has 2 fully saturated rings. The summed E-state index contributed by atoms with van der Waals surface area (Å²) in [4.78, 5) is 15.7. The molecule has 1 aliphatic carbocycles. The number of aromatic amines is 1. The molecule has 2 unspecified atom stereocenters. The van der Waals surface area contributed by atoms with Crippen molar-refractivity contribution in [1.29, 1.82) is 0 Å². The third-order valence-corrected chi connectivity index (χ3v) is 4.03. The number of ether oxygens (including phenoxy) is 1. The van der Waals surface area contributed by atoms with Gasteiger partial charge in [-0.3, -0.25) is 0 Å². The zero-order chi connectivity index (χ0) is 12.7. The van der Waals surface area contributed by atoms with Crippen molar-refractivity contribution in [2.75, 3.05) is 11.9 Å². The monoisotopic (exact) mass is 259 g/mol. The molecule has 2 aliphatic rings. The zero-order valence-electron chi connectivity index (χ0n) is 10.7. The maximum Gasteiger partial charge on any atom is 0.182 e. The number of H-pyrrole nitrogens is 1. The van der Waals surface area contributed by atoms with Gasteiger partial charge in [-0.05, 0) is 31.6 Å². The van der Waals surface area contributed by atoms with Crippen LogP contribution in [0, 0.1) is 5.92 Å². The van der Waals surface area contributed by atoms with Crippen LogP contribution in [-0.4, -0.2) is 38.7 Å². The second-order valence-electron chi connectivity index (χ2n) is 5.44. The van der Waals surface area contributed by atoms with Gasteiger partial charge >= 0.3 is 0 Å². The van der Waals surface area contributed by atoms with Gasteiger partial charge in [0.15, 0.2) is 11.5 Å². The van der Waals surface area contributed by atoms with Crippen LogP contribution in [0.25, 0.3) is 11.2 Å². The Bertz CT molecular complexity index is 579. The molecule has 3 heterocycles. The molecule has 2 aromatic rings.